The van der Waals surface area contributed by atoms with Crippen LogP contribution in [0.2, 0.25) is 0 Å². The predicted octanol–water partition coefficient (Wildman–Crippen LogP) is 3.04. The molecule has 3 aromatic heterocycles. The molecule has 0 saturated carbocycles. The van der Waals surface area contributed by atoms with Crippen LogP contribution in [0, 0.1) is 0 Å². The predicted molar refractivity (Wildman–Crippen MR) is 115 cm³/mol. The maximum Gasteiger partial charge on any atom is 0.193 e. The van der Waals surface area contributed by atoms with E-state index < -0.39 is 5.60 Å². The van der Waals surface area contributed by atoms with E-state index in [4.69, 9.17) is 0 Å². The van der Waals surface area contributed by atoms with E-state index in [9.17, 15) is 5.11 Å². The Kier molecular flexibility index (Phi) is 7.23. The normalized spacial score (nSPS) is 14.1. The molecule has 0 aromatic carbocycles. The molecule has 6 nitrogen and oxygen atoms in total. The van der Waals surface area contributed by atoms with Crippen LogP contribution in [0.5, 0.6) is 0 Å². The van der Waals surface area contributed by atoms with E-state index in [1.807, 2.05) is 45.9 Å². The second-order valence-electron chi connectivity index (χ2n) is 5.66. The van der Waals surface area contributed by atoms with Crippen molar-refractivity contribution in [2.24, 2.45) is 4.99 Å². The molecule has 3 heterocycles. The fourth-order valence-corrected chi connectivity index (χ4v) is 3.78. The zero-order valence-corrected chi connectivity index (χ0v) is 18.1. The topological polar surface area (TPSA) is 74.0 Å². The van der Waals surface area contributed by atoms with Gasteiger partial charge in [0.1, 0.15) is 5.60 Å². The number of rotatable bonds is 6. The number of hydrogen-bond donors (Lipinski definition) is 3. The Morgan fingerprint density at radius 1 is 1.40 bits per heavy atom. The van der Waals surface area contributed by atoms with Crippen LogP contribution in [0.3, 0.4) is 0 Å². The molecular formula is C16H22IN5OS2. The molecule has 0 amide bonds. The Balaban J connectivity index is 0.00000225. The van der Waals surface area contributed by atoms with Crippen molar-refractivity contribution < 1.29 is 5.11 Å². The van der Waals surface area contributed by atoms with Gasteiger partial charge < -0.3 is 15.7 Å². The molecule has 0 bridgehead atoms. The lowest BCUT2D eigenvalue weighted by atomic mass is 9.99. The zero-order valence-electron chi connectivity index (χ0n) is 14.1. The van der Waals surface area contributed by atoms with Gasteiger partial charge in [-0.2, -0.15) is 11.3 Å². The molecule has 0 aliphatic carbocycles. The number of aliphatic imine (C=N–C) groups is 1. The lowest BCUT2D eigenvalue weighted by Crippen LogP contribution is -2.44. The quantitative estimate of drug-likeness (QED) is 0.282. The Morgan fingerprint density at radius 3 is 2.92 bits per heavy atom. The SMILES string of the molecule is CCNC(=NCc1cn2ccsc2n1)NCC(C)(O)c1ccsc1.I. The third-order valence-corrected chi connectivity index (χ3v) is 5.08. The summed E-state index contributed by atoms with van der Waals surface area (Å²) in [6, 6.07) is 1.94. The molecule has 0 fully saturated rings. The van der Waals surface area contributed by atoms with Gasteiger partial charge >= 0.3 is 0 Å². The van der Waals surface area contributed by atoms with Crippen LogP contribution in [0.4, 0.5) is 0 Å². The van der Waals surface area contributed by atoms with Crippen LogP contribution >= 0.6 is 46.7 Å². The van der Waals surface area contributed by atoms with Gasteiger partial charge in [0.15, 0.2) is 10.9 Å². The number of halogens is 1. The van der Waals surface area contributed by atoms with Crippen LogP contribution < -0.4 is 10.6 Å². The number of guanidine groups is 1. The lowest BCUT2D eigenvalue weighted by molar-refractivity contribution is 0.0621. The highest BCUT2D eigenvalue weighted by atomic mass is 127. The number of aromatic nitrogens is 2. The van der Waals surface area contributed by atoms with Gasteiger partial charge in [-0.25, -0.2) is 9.98 Å². The molecule has 136 valence electrons. The van der Waals surface area contributed by atoms with Crippen LogP contribution in [-0.2, 0) is 12.1 Å². The van der Waals surface area contributed by atoms with Crippen LogP contribution in [0.25, 0.3) is 4.96 Å². The van der Waals surface area contributed by atoms with E-state index in [0.717, 1.165) is 22.8 Å². The van der Waals surface area contributed by atoms with Crippen molar-refractivity contribution in [3.05, 3.63) is 45.9 Å². The Labute approximate surface area is 172 Å². The molecule has 9 heteroatoms. The Hall–Kier alpha value is -1.17. The third kappa shape index (κ3) is 5.16. The van der Waals surface area contributed by atoms with E-state index in [-0.39, 0.29) is 24.0 Å². The summed E-state index contributed by atoms with van der Waals surface area (Å²) >= 11 is 3.18. The second kappa shape index (κ2) is 8.97. The number of hydrogen-bond acceptors (Lipinski definition) is 5. The summed E-state index contributed by atoms with van der Waals surface area (Å²) in [7, 11) is 0. The molecule has 3 rings (SSSR count). The molecule has 0 radical (unpaired) electrons. The summed E-state index contributed by atoms with van der Waals surface area (Å²) < 4.78 is 2.00. The summed E-state index contributed by atoms with van der Waals surface area (Å²) in [5.74, 6) is 0.671. The largest absolute Gasteiger partial charge is 0.384 e. The highest BCUT2D eigenvalue weighted by Crippen LogP contribution is 2.21. The average molecular weight is 491 g/mol. The molecule has 3 N–H and O–H groups in total. The van der Waals surface area contributed by atoms with Gasteiger partial charge in [0.2, 0.25) is 0 Å². The van der Waals surface area contributed by atoms with Crippen molar-refractivity contribution in [1.29, 1.82) is 0 Å². The van der Waals surface area contributed by atoms with E-state index in [1.165, 1.54) is 0 Å². The van der Waals surface area contributed by atoms with Gasteiger partial charge in [0, 0.05) is 24.3 Å². The lowest BCUT2D eigenvalue weighted by Gasteiger charge is -2.24. The minimum atomic E-state index is -0.937. The first-order chi connectivity index (χ1) is 11.6. The smallest absolute Gasteiger partial charge is 0.193 e. The number of nitrogens with one attached hydrogen (secondary N) is 2. The molecule has 1 atom stereocenters. The maximum absolute atomic E-state index is 10.6. The first kappa shape index (κ1) is 20.1. The highest BCUT2D eigenvalue weighted by Gasteiger charge is 2.23. The van der Waals surface area contributed by atoms with Gasteiger partial charge in [-0.15, -0.1) is 35.3 Å². The van der Waals surface area contributed by atoms with Crippen LogP contribution in [0.15, 0.2) is 39.6 Å². The molecular weight excluding hydrogens is 469 g/mol. The number of nitrogens with zero attached hydrogens (tertiary/aromatic N) is 3. The van der Waals surface area contributed by atoms with Gasteiger partial charge in [-0.1, -0.05) is 0 Å². The molecule has 0 aliphatic rings. The molecule has 3 aromatic rings. The first-order valence-electron chi connectivity index (χ1n) is 7.77. The van der Waals surface area contributed by atoms with Crippen LogP contribution in [0.1, 0.15) is 25.1 Å². The van der Waals surface area contributed by atoms with Crippen molar-refractivity contribution in [2.45, 2.75) is 26.0 Å². The van der Waals surface area contributed by atoms with Crippen LogP contribution in [-0.4, -0.2) is 33.5 Å². The summed E-state index contributed by atoms with van der Waals surface area (Å²) in [4.78, 5) is 10.1. The standard InChI is InChI=1S/C16H21N5OS2.HI/c1-3-17-14(19-11-16(2,22)12-4-6-23-10-12)18-8-13-9-21-5-7-24-15(21)20-13;/h4-7,9-10,22H,3,8,11H2,1-2H3,(H2,17,18,19);1H. The summed E-state index contributed by atoms with van der Waals surface area (Å²) in [5.41, 5.74) is 0.890. The van der Waals surface area contributed by atoms with E-state index >= 15 is 0 Å². The maximum atomic E-state index is 10.6. The summed E-state index contributed by atoms with van der Waals surface area (Å²) in [6.45, 7) is 5.44. The highest BCUT2D eigenvalue weighted by molar-refractivity contribution is 14.0. The van der Waals surface area contributed by atoms with Crippen molar-refractivity contribution in [1.82, 2.24) is 20.0 Å². The number of thiophene rings is 1. The number of thiazole rings is 1. The fraction of sp³-hybridized carbons (Fsp3) is 0.375. The molecule has 0 aliphatic heterocycles. The first-order valence-corrected chi connectivity index (χ1v) is 9.59. The fourth-order valence-electron chi connectivity index (χ4n) is 2.28. The molecule has 0 spiro atoms. The van der Waals surface area contributed by atoms with Crippen molar-refractivity contribution in [3.8, 4) is 0 Å². The monoisotopic (exact) mass is 491 g/mol. The minimum absolute atomic E-state index is 0. The molecule has 1 unspecified atom stereocenters. The number of fused-ring (bicyclic) bond motifs is 1. The number of imidazole rings is 1. The van der Waals surface area contributed by atoms with E-state index in [2.05, 4.69) is 20.6 Å². The van der Waals surface area contributed by atoms with Gasteiger partial charge in [0.05, 0.1) is 18.8 Å². The zero-order chi connectivity index (χ0) is 17.0. The van der Waals surface area contributed by atoms with E-state index in [0.29, 0.717) is 19.0 Å². The minimum Gasteiger partial charge on any atom is -0.384 e. The number of aliphatic hydroxyl groups is 1. The average Bonchev–Trinajstić information content (AvgIpc) is 3.26. The summed E-state index contributed by atoms with van der Waals surface area (Å²) in [5, 5.41) is 22.9. The molecule has 25 heavy (non-hydrogen) atoms. The van der Waals surface area contributed by atoms with Gasteiger partial charge in [-0.05, 0) is 36.2 Å². The van der Waals surface area contributed by atoms with Gasteiger partial charge in [-0.3, -0.25) is 4.40 Å². The Morgan fingerprint density at radius 2 is 2.24 bits per heavy atom. The summed E-state index contributed by atoms with van der Waals surface area (Å²) in [6.07, 6.45) is 3.97. The molecule has 0 saturated heterocycles. The van der Waals surface area contributed by atoms with Crippen molar-refractivity contribution in [3.63, 3.8) is 0 Å². The van der Waals surface area contributed by atoms with Gasteiger partial charge in [0.25, 0.3) is 0 Å². The van der Waals surface area contributed by atoms with Crippen molar-refractivity contribution >= 4 is 57.6 Å². The Bertz CT molecular complexity index is 781. The third-order valence-electron chi connectivity index (χ3n) is 3.63. The van der Waals surface area contributed by atoms with E-state index in [1.54, 1.807) is 29.6 Å². The van der Waals surface area contributed by atoms with Crippen molar-refractivity contribution in [2.75, 3.05) is 13.1 Å². The second-order valence-corrected chi connectivity index (χ2v) is 7.31.